The van der Waals surface area contributed by atoms with Gasteiger partial charge in [-0.1, -0.05) is 60.7 Å². The highest BCUT2D eigenvalue weighted by atomic mass is 32.3. The average Bonchev–Trinajstić information content (AvgIpc) is 3.98. The van der Waals surface area contributed by atoms with E-state index in [0.717, 1.165) is 17.7 Å². The van der Waals surface area contributed by atoms with Gasteiger partial charge in [0.25, 0.3) is 0 Å². The number of rotatable bonds is 26. The molecule has 5 rings (SSSR count). The lowest BCUT2D eigenvalue weighted by atomic mass is 10.0. The van der Waals surface area contributed by atoms with E-state index in [9.17, 15) is 71.4 Å². The third-order valence-electron chi connectivity index (χ3n) is 12.9. The fourth-order valence-electron chi connectivity index (χ4n) is 8.51. The Hall–Kier alpha value is -8.30. The SMILES string of the molecule is CSCC[C@H](NC(=O)[C@H](Cc1ccc(OS(=O)(=O)O)cc1)NC(=O)[C@@H](N)CC(=O)O)C(=O)NC1CNC(=O)CNC(=O)C(CNCc2ccccc2)NC(=O)[C@H](CC(=O)O)NC(=O)[C@H](CCSC)NC(=O)[C@H](Cc2c[nH]c3ccccc23)NC1=O. The lowest BCUT2D eigenvalue weighted by molar-refractivity contribution is -0.141. The van der Waals surface area contributed by atoms with Gasteiger partial charge in [0.05, 0.1) is 25.4 Å². The second kappa shape index (κ2) is 33.3. The van der Waals surface area contributed by atoms with Crippen molar-refractivity contribution >= 4 is 110 Å². The van der Waals surface area contributed by atoms with Crippen molar-refractivity contribution in [2.75, 3.05) is 43.7 Å². The topological polar surface area (TPSA) is 454 Å². The molecule has 8 atom stereocenters. The van der Waals surface area contributed by atoms with Crippen molar-refractivity contribution in [3.63, 3.8) is 0 Å². The number of thioether (sulfide) groups is 2. The van der Waals surface area contributed by atoms with Crippen LogP contribution in [0.25, 0.3) is 10.9 Å². The van der Waals surface area contributed by atoms with Gasteiger partial charge in [0.15, 0.2) is 0 Å². The number of fused-ring (bicyclic) bond motifs is 1. The Kier molecular flexibility index (Phi) is 26.4. The number of H-pyrrole nitrogens is 1. The molecule has 3 aromatic carbocycles. The van der Waals surface area contributed by atoms with Crippen LogP contribution in [0.5, 0.6) is 5.75 Å². The molecule has 1 aromatic heterocycles. The molecule has 1 aliphatic heterocycles. The maximum absolute atomic E-state index is 14.8. The summed E-state index contributed by atoms with van der Waals surface area (Å²) >= 11 is 2.54. The summed E-state index contributed by atoms with van der Waals surface area (Å²) < 4.78 is 36.2. The van der Waals surface area contributed by atoms with Crippen LogP contribution in [0.4, 0.5) is 0 Å². The Balaban J connectivity index is 1.52. The summed E-state index contributed by atoms with van der Waals surface area (Å²) in [5.41, 5.74) is 8.02. The van der Waals surface area contributed by atoms with Crippen molar-refractivity contribution in [2.24, 2.45) is 5.73 Å². The summed E-state index contributed by atoms with van der Waals surface area (Å²) in [7, 11) is -4.92. The minimum atomic E-state index is -4.92. The Morgan fingerprint density at radius 1 is 0.694 bits per heavy atom. The van der Waals surface area contributed by atoms with Gasteiger partial charge in [0.2, 0.25) is 53.2 Å². The molecule has 85 heavy (non-hydrogen) atoms. The monoisotopic (exact) mass is 1240 g/mol. The molecular formula is C53H68N12O17S3. The fraction of sp³-hybridized carbons (Fsp3) is 0.415. The number of hydrogen-bond donors (Lipinski definition) is 15. The summed E-state index contributed by atoms with van der Waals surface area (Å²) in [6.45, 7) is -1.61. The van der Waals surface area contributed by atoms with Gasteiger partial charge in [-0.05, 0) is 71.7 Å². The van der Waals surface area contributed by atoms with Crippen LogP contribution in [0.15, 0.2) is 85.1 Å². The second-order valence-corrected chi connectivity index (χ2v) is 22.3. The summed E-state index contributed by atoms with van der Waals surface area (Å²) in [6, 6.07) is 7.80. The summed E-state index contributed by atoms with van der Waals surface area (Å²) in [4.78, 5) is 154. The number of hydrogen-bond acceptors (Lipinski definition) is 18. The van der Waals surface area contributed by atoms with E-state index >= 15 is 0 Å². The summed E-state index contributed by atoms with van der Waals surface area (Å²) in [5.74, 6) is -12.0. The van der Waals surface area contributed by atoms with Crippen molar-refractivity contribution in [3.8, 4) is 5.75 Å². The first-order valence-corrected chi connectivity index (χ1v) is 30.5. The molecule has 460 valence electrons. The number of aliphatic carboxylic acids is 2. The van der Waals surface area contributed by atoms with Crippen LogP contribution in [-0.2, 0) is 82.5 Å². The zero-order chi connectivity index (χ0) is 62.2. The fourth-order valence-corrected chi connectivity index (χ4v) is 9.81. The molecule has 0 spiro atoms. The van der Waals surface area contributed by atoms with E-state index in [1.165, 1.54) is 35.7 Å². The van der Waals surface area contributed by atoms with Crippen molar-refractivity contribution in [1.29, 1.82) is 0 Å². The maximum Gasteiger partial charge on any atom is 0.446 e. The zero-order valence-electron chi connectivity index (χ0n) is 46.0. The van der Waals surface area contributed by atoms with E-state index in [1.807, 2.05) is 0 Å². The first kappa shape index (κ1) is 67.5. The van der Waals surface area contributed by atoms with Crippen LogP contribution >= 0.6 is 23.5 Å². The Morgan fingerprint density at radius 3 is 1.99 bits per heavy atom. The molecule has 4 aromatic rings. The number of benzene rings is 3. The number of aromatic amines is 1. The molecule has 29 nitrogen and oxygen atoms in total. The highest BCUT2D eigenvalue weighted by Crippen LogP contribution is 2.20. The average molecular weight is 1240 g/mol. The number of nitrogens with two attached hydrogens (primary N) is 1. The minimum Gasteiger partial charge on any atom is -0.481 e. The molecule has 16 N–H and O–H groups in total. The number of carboxylic acid groups (broad SMARTS) is 2. The predicted octanol–water partition coefficient (Wildman–Crippen LogP) is -2.65. The van der Waals surface area contributed by atoms with E-state index in [4.69, 9.17) is 10.3 Å². The van der Waals surface area contributed by atoms with Gasteiger partial charge in [0, 0.05) is 49.6 Å². The van der Waals surface area contributed by atoms with E-state index in [-0.39, 0.29) is 61.6 Å². The van der Waals surface area contributed by atoms with Gasteiger partial charge in [-0.25, -0.2) is 0 Å². The molecule has 9 amide bonds. The summed E-state index contributed by atoms with van der Waals surface area (Å²) in [6.07, 6.45) is 2.35. The van der Waals surface area contributed by atoms with Gasteiger partial charge in [-0.15, -0.1) is 0 Å². The van der Waals surface area contributed by atoms with Crippen LogP contribution in [0.2, 0.25) is 0 Å². The Labute approximate surface area is 496 Å². The standard InChI is InChI=1S/C53H68N12O17S3/c1-83-18-16-36-48(73)63-40(23-45(69)70)52(77)64-41(26-55-24-30-8-4-3-5-9-30)47(72)58-28-43(66)57-27-42(53(78)62-39(51(76)60-36)21-31-25-56-35-11-7-6-10-33(31)35)65-49(74)37(17-19-84-2)59-50(75)38(61-46(71)34(54)22-44(67)68)20-29-12-14-32(15-13-29)82-85(79,80)81/h3-15,25,34,36-42,55-56H,16-24,26-28,54H2,1-2H3,(H,57,66)(H,58,72)(H,59,75)(H,60,76)(H,61,71)(H,62,78)(H,63,73)(H,64,77)(H,65,74)(H,67,68)(H,69,70)(H,79,80,81)/t34-,36-,37-,38-,39-,40-,41?,42?/m0/s1. The molecule has 0 saturated carbocycles. The van der Waals surface area contributed by atoms with Crippen molar-refractivity contribution in [1.82, 2.24) is 58.2 Å². The van der Waals surface area contributed by atoms with Gasteiger partial charge < -0.3 is 78.3 Å². The number of para-hydroxylation sites is 1. The van der Waals surface area contributed by atoms with Crippen LogP contribution in [0.3, 0.4) is 0 Å². The lowest BCUT2D eigenvalue weighted by Gasteiger charge is -2.28. The number of nitrogens with one attached hydrogen (secondary N) is 11. The first-order valence-electron chi connectivity index (χ1n) is 26.3. The zero-order valence-corrected chi connectivity index (χ0v) is 48.5. The molecule has 1 saturated heterocycles. The molecule has 2 heterocycles. The molecule has 1 fully saturated rings. The van der Waals surface area contributed by atoms with Crippen molar-refractivity contribution < 1.29 is 80.1 Å². The quantitative estimate of drug-likeness (QED) is 0.0286. The summed E-state index contributed by atoms with van der Waals surface area (Å²) in [5, 5.41) is 45.3. The third kappa shape index (κ3) is 22.7. The van der Waals surface area contributed by atoms with Crippen LogP contribution in [0, 0.1) is 0 Å². The molecule has 0 aliphatic carbocycles. The van der Waals surface area contributed by atoms with Gasteiger partial charge >= 0.3 is 22.3 Å². The smallest absolute Gasteiger partial charge is 0.446 e. The van der Waals surface area contributed by atoms with Crippen molar-refractivity contribution in [2.45, 2.75) is 93.4 Å². The molecular weight excluding hydrogens is 1170 g/mol. The maximum atomic E-state index is 14.8. The van der Waals surface area contributed by atoms with Crippen molar-refractivity contribution in [3.05, 3.63) is 102 Å². The van der Waals surface area contributed by atoms with E-state index in [2.05, 4.69) is 62.3 Å². The van der Waals surface area contributed by atoms with Gasteiger partial charge in [-0.2, -0.15) is 31.9 Å². The van der Waals surface area contributed by atoms with Gasteiger partial charge in [0.1, 0.15) is 48.0 Å². The normalized spacial score (nSPS) is 19.5. The molecule has 0 bridgehead atoms. The largest absolute Gasteiger partial charge is 0.481 e. The Bertz CT molecular complexity index is 3140. The van der Waals surface area contributed by atoms with Gasteiger partial charge in [-0.3, -0.25) is 57.3 Å². The molecule has 0 radical (unpaired) electrons. The minimum absolute atomic E-state index is 0.0752. The first-order chi connectivity index (χ1) is 40.4. The number of carbonyl (C=O) groups excluding carboxylic acids is 9. The van der Waals surface area contributed by atoms with Crippen LogP contribution < -0.4 is 63.1 Å². The van der Waals surface area contributed by atoms with Crippen LogP contribution in [0.1, 0.15) is 42.4 Å². The lowest BCUT2D eigenvalue weighted by Crippen LogP contribution is -2.62. The molecule has 32 heteroatoms. The predicted molar refractivity (Wildman–Crippen MR) is 310 cm³/mol. The molecule has 1 aliphatic rings. The number of aromatic nitrogens is 1. The number of carboxylic acids is 2. The third-order valence-corrected chi connectivity index (χ3v) is 14.6. The Morgan fingerprint density at radius 2 is 1.32 bits per heavy atom. The number of amides is 9. The van der Waals surface area contributed by atoms with E-state index in [1.54, 1.807) is 73.3 Å². The second-order valence-electron chi connectivity index (χ2n) is 19.4. The van der Waals surface area contributed by atoms with E-state index in [0.29, 0.717) is 16.5 Å². The molecule has 2 unspecified atom stereocenters. The number of carbonyl (C=O) groups is 11. The highest BCUT2D eigenvalue weighted by molar-refractivity contribution is 7.98. The van der Waals surface area contributed by atoms with Crippen LogP contribution in [-0.4, -0.2) is 185 Å². The van der Waals surface area contributed by atoms with E-state index < -0.39 is 150 Å². The highest BCUT2D eigenvalue weighted by Gasteiger charge is 2.36.